The van der Waals surface area contributed by atoms with E-state index in [0.717, 1.165) is 52.5 Å². The van der Waals surface area contributed by atoms with Gasteiger partial charge in [0.25, 0.3) is 0 Å². The van der Waals surface area contributed by atoms with Crippen molar-refractivity contribution in [2.45, 2.75) is 13.0 Å². The molecule has 0 fully saturated rings. The van der Waals surface area contributed by atoms with Gasteiger partial charge in [-0.25, -0.2) is 0 Å². The number of nitrogens with zero attached hydrogens (tertiary/aromatic N) is 2. The number of aromatic nitrogens is 1. The fraction of sp³-hybridized carbons (Fsp3) is 0.250. The highest BCUT2D eigenvalue weighted by Crippen LogP contribution is 2.36. The van der Waals surface area contributed by atoms with Gasteiger partial charge in [0.1, 0.15) is 18.0 Å². The Morgan fingerprint density at radius 2 is 2.08 bits per heavy atom. The van der Waals surface area contributed by atoms with Crippen molar-refractivity contribution in [1.82, 2.24) is 9.88 Å². The summed E-state index contributed by atoms with van der Waals surface area (Å²) in [5, 5.41) is 1.66. The SMILES string of the molecule is COc1ccc(CCN2COc3c(cc(Cl)c4cccnc34)C2)cc1. The van der Waals surface area contributed by atoms with Crippen LogP contribution in [0.5, 0.6) is 11.5 Å². The van der Waals surface area contributed by atoms with Gasteiger partial charge in [0.15, 0.2) is 5.75 Å². The first-order valence-electron chi connectivity index (χ1n) is 8.29. The number of pyridine rings is 1. The number of halogens is 1. The molecule has 1 aliphatic heterocycles. The van der Waals surface area contributed by atoms with Crippen LogP contribution in [0.2, 0.25) is 5.02 Å². The lowest BCUT2D eigenvalue weighted by Crippen LogP contribution is -2.33. The van der Waals surface area contributed by atoms with Gasteiger partial charge in [0, 0.05) is 30.2 Å². The van der Waals surface area contributed by atoms with Crippen molar-refractivity contribution in [2.24, 2.45) is 0 Å². The molecule has 0 amide bonds. The molecule has 2 heterocycles. The van der Waals surface area contributed by atoms with Gasteiger partial charge < -0.3 is 9.47 Å². The van der Waals surface area contributed by atoms with Crippen molar-refractivity contribution in [3.63, 3.8) is 0 Å². The van der Waals surface area contributed by atoms with Gasteiger partial charge in [-0.3, -0.25) is 9.88 Å². The highest BCUT2D eigenvalue weighted by atomic mass is 35.5. The summed E-state index contributed by atoms with van der Waals surface area (Å²) in [6, 6.07) is 14.1. The average molecular weight is 355 g/mol. The van der Waals surface area contributed by atoms with Crippen LogP contribution in [0.15, 0.2) is 48.7 Å². The maximum atomic E-state index is 6.42. The molecule has 4 rings (SSSR count). The molecule has 128 valence electrons. The second kappa shape index (κ2) is 6.90. The Balaban J connectivity index is 1.49. The number of fused-ring (bicyclic) bond motifs is 3. The maximum Gasteiger partial charge on any atom is 0.152 e. The molecule has 0 atom stereocenters. The summed E-state index contributed by atoms with van der Waals surface area (Å²) in [6.45, 7) is 2.30. The van der Waals surface area contributed by atoms with Crippen molar-refractivity contribution in [2.75, 3.05) is 20.4 Å². The number of hydrogen-bond donors (Lipinski definition) is 0. The first-order valence-corrected chi connectivity index (χ1v) is 8.66. The average Bonchev–Trinajstić information content (AvgIpc) is 2.67. The van der Waals surface area contributed by atoms with Crippen LogP contribution in [0.3, 0.4) is 0 Å². The van der Waals surface area contributed by atoms with Gasteiger partial charge in [0.05, 0.1) is 12.1 Å². The van der Waals surface area contributed by atoms with Crippen LogP contribution < -0.4 is 9.47 Å². The minimum Gasteiger partial charge on any atom is -0.497 e. The monoisotopic (exact) mass is 354 g/mol. The van der Waals surface area contributed by atoms with Crippen LogP contribution in [-0.2, 0) is 13.0 Å². The fourth-order valence-corrected chi connectivity index (χ4v) is 3.46. The van der Waals surface area contributed by atoms with Crippen molar-refractivity contribution in [3.8, 4) is 11.5 Å². The molecule has 0 aliphatic carbocycles. The molecule has 4 nitrogen and oxygen atoms in total. The quantitative estimate of drug-likeness (QED) is 0.700. The topological polar surface area (TPSA) is 34.6 Å². The van der Waals surface area contributed by atoms with E-state index in [1.165, 1.54) is 5.56 Å². The second-order valence-electron chi connectivity index (χ2n) is 6.17. The van der Waals surface area contributed by atoms with Crippen molar-refractivity contribution in [1.29, 1.82) is 0 Å². The molecule has 2 aromatic carbocycles. The normalized spacial score (nSPS) is 14.2. The van der Waals surface area contributed by atoms with E-state index in [2.05, 4.69) is 22.0 Å². The van der Waals surface area contributed by atoms with E-state index in [0.29, 0.717) is 6.73 Å². The van der Waals surface area contributed by atoms with Crippen LogP contribution in [-0.4, -0.2) is 30.3 Å². The molecule has 1 aromatic heterocycles. The lowest BCUT2D eigenvalue weighted by molar-refractivity contribution is 0.0980. The molecule has 3 aromatic rings. The Morgan fingerprint density at radius 1 is 1.24 bits per heavy atom. The zero-order valence-electron chi connectivity index (χ0n) is 14.0. The standard InChI is InChI=1S/C20H19ClN2O2/c1-24-16-6-4-14(5-7-16)8-10-23-12-15-11-18(21)17-3-2-9-22-19(17)20(15)25-13-23/h2-7,9,11H,8,10,12-13H2,1H3. The smallest absolute Gasteiger partial charge is 0.152 e. The van der Waals surface area contributed by atoms with E-state index in [1.54, 1.807) is 13.3 Å². The summed E-state index contributed by atoms with van der Waals surface area (Å²) < 4.78 is 11.2. The molecule has 0 bridgehead atoms. The first-order chi connectivity index (χ1) is 12.2. The Hall–Kier alpha value is -2.30. The maximum absolute atomic E-state index is 6.42. The van der Waals surface area contributed by atoms with Crippen molar-refractivity contribution < 1.29 is 9.47 Å². The van der Waals surface area contributed by atoms with Gasteiger partial charge >= 0.3 is 0 Å². The molecule has 0 radical (unpaired) electrons. The molecule has 0 saturated carbocycles. The van der Waals surface area contributed by atoms with Crippen LogP contribution in [0.25, 0.3) is 10.9 Å². The van der Waals surface area contributed by atoms with E-state index in [1.807, 2.05) is 30.3 Å². The highest BCUT2D eigenvalue weighted by molar-refractivity contribution is 6.35. The second-order valence-corrected chi connectivity index (χ2v) is 6.58. The molecule has 0 unspecified atom stereocenters. The Morgan fingerprint density at radius 3 is 2.88 bits per heavy atom. The predicted octanol–water partition coefficient (Wildman–Crippen LogP) is 4.29. The summed E-state index contributed by atoms with van der Waals surface area (Å²) in [4.78, 5) is 6.73. The van der Waals surface area contributed by atoms with Gasteiger partial charge in [-0.15, -0.1) is 0 Å². The zero-order chi connectivity index (χ0) is 17.2. The number of hydrogen-bond acceptors (Lipinski definition) is 4. The van der Waals surface area contributed by atoms with Gasteiger partial charge in [-0.1, -0.05) is 23.7 Å². The summed E-state index contributed by atoms with van der Waals surface area (Å²) in [5.41, 5.74) is 3.22. The largest absolute Gasteiger partial charge is 0.497 e. The molecular formula is C20H19ClN2O2. The van der Waals surface area contributed by atoms with E-state index >= 15 is 0 Å². The van der Waals surface area contributed by atoms with Crippen LogP contribution in [0.1, 0.15) is 11.1 Å². The van der Waals surface area contributed by atoms with Crippen molar-refractivity contribution >= 4 is 22.5 Å². The Bertz CT molecular complexity index is 896. The van der Waals surface area contributed by atoms with E-state index in [4.69, 9.17) is 21.1 Å². The van der Waals surface area contributed by atoms with E-state index in [9.17, 15) is 0 Å². The predicted molar refractivity (Wildman–Crippen MR) is 99.4 cm³/mol. The summed E-state index contributed by atoms with van der Waals surface area (Å²) in [5.74, 6) is 1.74. The van der Waals surface area contributed by atoms with E-state index in [-0.39, 0.29) is 0 Å². The highest BCUT2D eigenvalue weighted by Gasteiger charge is 2.21. The third-order valence-electron chi connectivity index (χ3n) is 4.53. The minimum atomic E-state index is 0.566. The molecule has 5 heteroatoms. The first kappa shape index (κ1) is 16.2. The molecule has 0 N–H and O–H groups in total. The summed E-state index contributed by atoms with van der Waals surface area (Å²) >= 11 is 6.42. The summed E-state index contributed by atoms with van der Waals surface area (Å²) in [6.07, 6.45) is 2.74. The van der Waals surface area contributed by atoms with Crippen molar-refractivity contribution in [3.05, 3.63) is 64.8 Å². The van der Waals surface area contributed by atoms with Gasteiger partial charge in [-0.2, -0.15) is 0 Å². The molecular weight excluding hydrogens is 336 g/mol. The van der Waals surface area contributed by atoms with Crippen LogP contribution in [0, 0.1) is 0 Å². The van der Waals surface area contributed by atoms with Gasteiger partial charge in [0.2, 0.25) is 0 Å². The van der Waals surface area contributed by atoms with E-state index < -0.39 is 0 Å². The Kier molecular flexibility index (Phi) is 4.47. The van der Waals surface area contributed by atoms with Crippen LogP contribution in [0.4, 0.5) is 0 Å². The summed E-state index contributed by atoms with van der Waals surface area (Å²) in [7, 11) is 1.68. The molecule has 0 spiro atoms. The Labute approximate surface area is 151 Å². The number of methoxy groups -OCH3 is 1. The third kappa shape index (κ3) is 3.28. The lowest BCUT2D eigenvalue weighted by atomic mass is 10.1. The minimum absolute atomic E-state index is 0.566. The van der Waals surface area contributed by atoms with Crippen LogP contribution >= 0.6 is 11.6 Å². The molecule has 0 saturated heterocycles. The zero-order valence-corrected chi connectivity index (χ0v) is 14.8. The fourth-order valence-electron chi connectivity index (χ4n) is 3.17. The lowest BCUT2D eigenvalue weighted by Gasteiger charge is -2.29. The number of ether oxygens (including phenoxy) is 2. The number of benzene rings is 2. The molecule has 1 aliphatic rings. The molecule has 25 heavy (non-hydrogen) atoms. The van der Waals surface area contributed by atoms with Gasteiger partial charge in [-0.05, 0) is 42.3 Å². The number of rotatable bonds is 4. The third-order valence-corrected chi connectivity index (χ3v) is 4.85.